The smallest absolute Gasteiger partial charge is 0.302 e. The summed E-state index contributed by atoms with van der Waals surface area (Å²) >= 11 is 0. The molecule has 0 aliphatic heterocycles. The van der Waals surface area contributed by atoms with Gasteiger partial charge in [0.1, 0.15) is 17.8 Å². The van der Waals surface area contributed by atoms with Gasteiger partial charge in [-0.15, -0.1) is 0 Å². The number of rotatable bonds is 3. The zero-order valence-electron chi connectivity index (χ0n) is 11.0. The average Bonchev–Trinajstić information content (AvgIpc) is 2.44. The zero-order valence-corrected chi connectivity index (χ0v) is 11.0. The Bertz CT molecular complexity index is 571. The number of allylic oxidation sites excluding steroid dienone is 1. The maximum absolute atomic E-state index is 11.0. The lowest BCUT2D eigenvalue weighted by Gasteiger charge is -2.30. The van der Waals surface area contributed by atoms with Crippen LogP contribution in [0.1, 0.15) is 24.5 Å². The van der Waals surface area contributed by atoms with Crippen LogP contribution in [-0.4, -0.2) is 19.7 Å². The van der Waals surface area contributed by atoms with Gasteiger partial charge in [0.05, 0.1) is 13.2 Å². The lowest BCUT2D eigenvalue weighted by Crippen LogP contribution is -2.33. The van der Waals surface area contributed by atoms with Crippen LogP contribution in [0.15, 0.2) is 24.3 Å². The van der Waals surface area contributed by atoms with Crippen LogP contribution >= 0.6 is 0 Å². The van der Waals surface area contributed by atoms with Gasteiger partial charge in [-0.3, -0.25) is 4.79 Å². The van der Waals surface area contributed by atoms with Crippen molar-refractivity contribution in [1.82, 2.24) is 0 Å². The van der Waals surface area contributed by atoms with Gasteiger partial charge in [-0.2, -0.15) is 5.26 Å². The zero-order chi connectivity index (χ0) is 13.9. The number of ether oxygens (including phenoxy) is 2. The van der Waals surface area contributed by atoms with Crippen LogP contribution in [0.3, 0.4) is 0 Å². The van der Waals surface area contributed by atoms with Crippen molar-refractivity contribution in [3.8, 4) is 11.8 Å². The van der Waals surface area contributed by atoms with Crippen LogP contribution < -0.4 is 4.74 Å². The fraction of sp³-hybridized carbons (Fsp3) is 0.333. The molecule has 0 saturated heterocycles. The predicted octanol–water partition coefficient (Wildman–Crippen LogP) is 2.44. The Hall–Kier alpha value is -2.28. The van der Waals surface area contributed by atoms with Gasteiger partial charge >= 0.3 is 5.97 Å². The minimum absolute atomic E-state index is 0.0589. The molecule has 0 N–H and O–H groups in total. The van der Waals surface area contributed by atoms with Crippen LogP contribution in [0, 0.1) is 11.3 Å². The van der Waals surface area contributed by atoms with E-state index in [1.807, 2.05) is 30.4 Å². The van der Waals surface area contributed by atoms with Crippen molar-refractivity contribution in [1.29, 1.82) is 5.26 Å². The molecule has 1 aliphatic carbocycles. The SMILES string of the molecule is COc1ccc2c(c1)C(C#N)(COC(C)=O)CC=C2. The number of nitrogens with zero attached hydrogens (tertiary/aromatic N) is 1. The third-order valence-corrected chi connectivity index (χ3v) is 3.28. The first-order chi connectivity index (χ1) is 9.11. The monoisotopic (exact) mass is 257 g/mol. The molecule has 4 nitrogen and oxygen atoms in total. The van der Waals surface area contributed by atoms with Gasteiger partial charge in [-0.05, 0) is 29.7 Å². The van der Waals surface area contributed by atoms with Crippen LogP contribution in [0.2, 0.25) is 0 Å². The molecule has 1 aliphatic rings. The molecule has 1 aromatic rings. The molecule has 0 fully saturated rings. The quantitative estimate of drug-likeness (QED) is 0.780. The number of carbonyl (C=O) groups is 1. The molecule has 0 spiro atoms. The molecule has 19 heavy (non-hydrogen) atoms. The second-order valence-corrected chi connectivity index (χ2v) is 4.53. The Morgan fingerprint density at radius 3 is 2.95 bits per heavy atom. The lowest BCUT2D eigenvalue weighted by atomic mass is 9.74. The summed E-state index contributed by atoms with van der Waals surface area (Å²) in [4.78, 5) is 11.0. The van der Waals surface area contributed by atoms with Crippen molar-refractivity contribution in [2.45, 2.75) is 18.8 Å². The van der Waals surface area contributed by atoms with Crippen molar-refractivity contribution in [3.05, 3.63) is 35.4 Å². The summed E-state index contributed by atoms with van der Waals surface area (Å²) in [6.07, 6.45) is 4.43. The Labute approximate surface area is 112 Å². The van der Waals surface area contributed by atoms with E-state index in [0.717, 1.165) is 11.1 Å². The number of hydrogen-bond acceptors (Lipinski definition) is 4. The topological polar surface area (TPSA) is 59.3 Å². The van der Waals surface area contributed by atoms with E-state index in [2.05, 4.69) is 6.07 Å². The van der Waals surface area contributed by atoms with Crippen LogP contribution in [0.5, 0.6) is 5.75 Å². The molecule has 2 rings (SSSR count). The summed E-state index contributed by atoms with van der Waals surface area (Å²) in [6.45, 7) is 1.40. The number of hydrogen-bond donors (Lipinski definition) is 0. The van der Waals surface area contributed by atoms with Gasteiger partial charge in [-0.25, -0.2) is 0 Å². The minimum atomic E-state index is -0.829. The number of fused-ring (bicyclic) bond motifs is 1. The van der Waals surface area contributed by atoms with Gasteiger partial charge in [0, 0.05) is 6.92 Å². The molecular weight excluding hydrogens is 242 g/mol. The normalized spacial score (nSPS) is 20.3. The first-order valence-electron chi connectivity index (χ1n) is 6.01. The highest BCUT2D eigenvalue weighted by Gasteiger charge is 2.36. The van der Waals surface area contributed by atoms with E-state index in [0.29, 0.717) is 12.2 Å². The second-order valence-electron chi connectivity index (χ2n) is 4.53. The first kappa shape index (κ1) is 13.2. The third-order valence-electron chi connectivity index (χ3n) is 3.28. The largest absolute Gasteiger partial charge is 0.497 e. The number of nitriles is 1. The second kappa shape index (κ2) is 5.15. The molecule has 0 radical (unpaired) electrons. The highest BCUT2D eigenvalue weighted by atomic mass is 16.5. The summed E-state index contributed by atoms with van der Waals surface area (Å²) in [5, 5.41) is 9.55. The first-order valence-corrected chi connectivity index (χ1v) is 6.01. The summed E-state index contributed by atoms with van der Waals surface area (Å²) in [7, 11) is 1.58. The maximum Gasteiger partial charge on any atom is 0.302 e. The van der Waals surface area contributed by atoms with Crippen molar-refractivity contribution < 1.29 is 14.3 Å². The van der Waals surface area contributed by atoms with Gasteiger partial charge in [0.15, 0.2) is 0 Å². The van der Waals surface area contributed by atoms with E-state index in [4.69, 9.17) is 9.47 Å². The predicted molar refractivity (Wildman–Crippen MR) is 70.6 cm³/mol. The van der Waals surface area contributed by atoms with E-state index < -0.39 is 5.41 Å². The minimum Gasteiger partial charge on any atom is -0.497 e. The Morgan fingerprint density at radius 1 is 1.53 bits per heavy atom. The fourth-order valence-corrected chi connectivity index (χ4v) is 2.22. The van der Waals surface area contributed by atoms with Crippen molar-refractivity contribution in [2.24, 2.45) is 0 Å². The molecule has 0 bridgehead atoms. The van der Waals surface area contributed by atoms with E-state index in [1.165, 1.54) is 6.92 Å². The van der Waals surface area contributed by atoms with Crippen LogP contribution in [0.4, 0.5) is 0 Å². The summed E-state index contributed by atoms with van der Waals surface area (Å²) in [6, 6.07) is 7.89. The molecule has 1 unspecified atom stereocenters. The van der Waals surface area contributed by atoms with Crippen LogP contribution in [0.25, 0.3) is 6.08 Å². The fourth-order valence-electron chi connectivity index (χ4n) is 2.22. The van der Waals surface area contributed by atoms with Gasteiger partial charge in [-0.1, -0.05) is 18.2 Å². The van der Waals surface area contributed by atoms with Gasteiger partial charge in [0.2, 0.25) is 0 Å². The van der Waals surface area contributed by atoms with E-state index in [1.54, 1.807) is 7.11 Å². The molecule has 0 heterocycles. The third kappa shape index (κ3) is 2.45. The number of esters is 1. The molecule has 98 valence electrons. The molecule has 0 aromatic heterocycles. The molecule has 0 amide bonds. The van der Waals surface area contributed by atoms with Crippen LogP contribution in [-0.2, 0) is 14.9 Å². The number of benzene rings is 1. The Balaban J connectivity index is 2.45. The Morgan fingerprint density at radius 2 is 2.32 bits per heavy atom. The molecule has 1 aromatic carbocycles. The molecular formula is C15H15NO3. The van der Waals surface area contributed by atoms with E-state index in [-0.39, 0.29) is 12.6 Å². The van der Waals surface area contributed by atoms with Gasteiger partial charge < -0.3 is 9.47 Å². The highest BCUT2D eigenvalue weighted by molar-refractivity contribution is 5.67. The van der Waals surface area contributed by atoms with Crippen molar-refractivity contribution in [3.63, 3.8) is 0 Å². The number of carbonyl (C=O) groups excluding carboxylic acids is 1. The summed E-state index contributed by atoms with van der Waals surface area (Å²) < 4.78 is 10.3. The van der Waals surface area contributed by atoms with E-state index >= 15 is 0 Å². The van der Waals surface area contributed by atoms with Crippen molar-refractivity contribution >= 4 is 12.0 Å². The van der Waals surface area contributed by atoms with Crippen molar-refractivity contribution in [2.75, 3.05) is 13.7 Å². The van der Waals surface area contributed by atoms with E-state index in [9.17, 15) is 10.1 Å². The lowest BCUT2D eigenvalue weighted by molar-refractivity contribution is -0.142. The number of methoxy groups -OCH3 is 1. The standard InChI is InChI=1S/C15H15NO3/c1-11(17)19-10-15(9-16)7-3-4-12-5-6-13(18-2)8-14(12)15/h3-6,8H,7,10H2,1-2H3. The summed E-state index contributed by atoms with van der Waals surface area (Å²) in [5.74, 6) is 0.310. The average molecular weight is 257 g/mol. The van der Waals surface area contributed by atoms with Gasteiger partial charge in [0.25, 0.3) is 0 Å². The summed E-state index contributed by atoms with van der Waals surface area (Å²) in [5.41, 5.74) is 0.975. The Kier molecular flexibility index (Phi) is 3.57. The molecule has 0 saturated carbocycles. The molecule has 4 heteroatoms. The maximum atomic E-state index is 11.0. The molecule has 1 atom stereocenters. The highest BCUT2D eigenvalue weighted by Crippen LogP contribution is 2.37.